The minimum Gasteiger partial charge on any atom is -0.512 e. The molecule has 0 saturated carbocycles. The number of benzene rings is 4. The van der Waals surface area contributed by atoms with Crippen molar-refractivity contribution in [2.75, 3.05) is 0 Å². The fourth-order valence-electron chi connectivity index (χ4n) is 7.66. The molecule has 0 fully saturated rings. The van der Waals surface area contributed by atoms with Gasteiger partial charge in [0.05, 0.1) is 22.6 Å². The molecule has 1 aromatic heterocycles. The summed E-state index contributed by atoms with van der Waals surface area (Å²) in [4.78, 5) is 16.9. The van der Waals surface area contributed by atoms with Crippen LogP contribution in [-0.4, -0.2) is 27.2 Å². The summed E-state index contributed by atoms with van der Waals surface area (Å²) in [6.45, 7) is 19.2. The van der Waals surface area contributed by atoms with E-state index in [1.54, 1.807) is 0 Å². The number of carbonyl (C=O) groups is 1. The van der Waals surface area contributed by atoms with Gasteiger partial charge >= 0.3 is 0 Å². The number of aryl methyl sites for hydroxylation is 5. The van der Waals surface area contributed by atoms with E-state index in [2.05, 4.69) is 112 Å². The molecule has 0 unspecified atom stereocenters. The second-order valence-electron chi connectivity index (χ2n) is 13.5. The van der Waals surface area contributed by atoms with Crippen molar-refractivity contribution in [2.24, 2.45) is 11.8 Å². The zero-order valence-electron chi connectivity index (χ0n) is 30.6. The maximum atomic E-state index is 11.7. The van der Waals surface area contributed by atoms with E-state index in [1.165, 1.54) is 55.9 Å². The minimum absolute atomic E-state index is 0. The fourth-order valence-corrected chi connectivity index (χ4v) is 7.66. The number of aliphatic hydroxyl groups is 1. The van der Waals surface area contributed by atoms with E-state index < -0.39 is 0 Å². The van der Waals surface area contributed by atoms with E-state index in [-0.39, 0.29) is 50.2 Å². The van der Waals surface area contributed by atoms with Gasteiger partial charge in [-0.25, -0.2) is 0 Å². The van der Waals surface area contributed by atoms with E-state index in [0.717, 1.165) is 48.2 Å². The molecule has 0 aliphatic carbocycles. The number of aromatic nitrogens is 2. The molecule has 0 saturated heterocycles. The van der Waals surface area contributed by atoms with Crippen molar-refractivity contribution in [3.63, 3.8) is 0 Å². The Hall–Kier alpha value is -3.73. The third kappa shape index (κ3) is 7.71. The summed E-state index contributed by atoms with van der Waals surface area (Å²) in [6, 6.07) is 28.0. The summed E-state index contributed by atoms with van der Waals surface area (Å²) >= 11 is 0. The van der Waals surface area contributed by atoms with Crippen molar-refractivity contribution < 1.29 is 30.0 Å². The number of imidazole rings is 1. The minimum atomic E-state index is 0. The molecule has 6 heteroatoms. The maximum Gasteiger partial charge on any atom is 0.247 e. The Balaban J connectivity index is 0.000000290. The third-order valence-electron chi connectivity index (χ3n) is 10.0. The fraction of sp³-hybridized carbons (Fsp3) is 0.349. The zero-order chi connectivity index (χ0) is 34.7. The van der Waals surface area contributed by atoms with E-state index in [1.807, 2.05) is 27.7 Å². The van der Waals surface area contributed by atoms with Gasteiger partial charge in [-0.05, 0) is 69.5 Å². The molecule has 1 aliphatic rings. The normalized spacial score (nSPS) is 12.1. The molecule has 5 aromatic rings. The molecule has 1 N–H and O–H groups in total. The summed E-state index contributed by atoms with van der Waals surface area (Å²) in [6.07, 6.45) is 4.91. The van der Waals surface area contributed by atoms with Crippen LogP contribution in [0.3, 0.4) is 0 Å². The Bertz CT molecular complexity index is 1940. The van der Waals surface area contributed by atoms with Gasteiger partial charge in [0.15, 0.2) is 5.78 Å². The third-order valence-corrected chi connectivity index (χ3v) is 10.0. The molecule has 1 aliphatic heterocycles. The zero-order valence-corrected chi connectivity index (χ0v) is 33.0. The molecule has 0 amide bonds. The van der Waals surface area contributed by atoms with E-state index in [9.17, 15) is 9.90 Å². The Morgan fingerprint density at radius 3 is 2.02 bits per heavy atom. The predicted molar refractivity (Wildman–Crippen MR) is 204 cm³/mol. The van der Waals surface area contributed by atoms with E-state index in [0.29, 0.717) is 0 Å². The molecule has 0 atom stereocenters. The van der Waals surface area contributed by atoms with Gasteiger partial charge in [-0.2, -0.15) is 0 Å². The van der Waals surface area contributed by atoms with Crippen LogP contribution in [-0.2, 0) is 24.9 Å². The molecule has 257 valence electrons. The summed E-state index contributed by atoms with van der Waals surface area (Å²) in [5.41, 5.74) is 14.9. The van der Waals surface area contributed by atoms with Crippen LogP contribution in [0.25, 0.3) is 28.1 Å². The van der Waals surface area contributed by atoms with Crippen molar-refractivity contribution in [1.29, 1.82) is 0 Å². The molecule has 4 nitrogen and oxygen atoms in total. The summed E-state index contributed by atoms with van der Waals surface area (Å²) < 4.78 is 2.36. The van der Waals surface area contributed by atoms with Crippen LogP contribution in [0.4, 0.5) is 0 Å². The van der Waals surface area contributed by atoms with Crippen LogP contribution < -0.4 is 16.4 Å². The van der Waals surface area contributed by atoms with Crippen molar-refractivity contribution in [2.45, 2.75) is 88.0 Å². The van der Waals surface area contributed by atoms with Crippen LogP contribution in [0.2, 0.25) is 0 Å². The van der Waals surface area contributed by atoms with Crippen molar-refractivity contribution in [1.82, 2.24) is 9.55 Å². The second-order valence-corrected chi connectivity index (χ2v) is 13.5. The van der Waals surface area contributed by atoms with Crippen LogP contribution >= 0.6 is 0 Å². The van der Waals surface area contributed by atoms with Crippen LogP contribution in [0, 0.1) is 52.5 Å². The molecule has 4 aromatic carbocycles. The monoisotopic (exact) mass is 830 g/mol. The van der Waals surface area contributed by atoms with Gasteiger partial charge in [0.25, 0.3) is 0 Å². The largest absolute Gasteiger partial charge is 0.512 e. The van der Waals surface area contributed by atoms with Gasteiger partial charge in [-0.3, -0.25) is 9.78 Å². The summed E-state index contributed by atoms with van der Waals surface area (Å²) in [7, 11) is 0. The molecule has 6 rings (SSSR count). The summed E-state index contributed by atoms with van der Waals surface area (Å²) in [5.74, 6) is 1.51. The Kier molecular flexibility index (Phi) is 12.7. The molecular formula is C43H50BIrN2O2-. The molecule has 0 spiro atoms. The van der Waals surface area contributed by atoms with Gasteiger partial charge in [-0.1, -0.05) is 106 Å². The first-order chi connectivity index (χ1) is 23.0. The van der Waals surface area contributed by atoms with Crippen LogP contribution in [0.5, 0.6) is 0 Å². The predicted octanol–water partition coefficient (Wildman–Crippen LogP) is 8.73. The Morgan fingerprint density at radius 2 is 1.41 bits per heavy atom. The topological polar surface area (TPSA) is 55.1 Å². The number of carbonyl (C=O) groups excluding carboxylic acids is 1. The molecule has 1 radical (unpaired) electrons. The molecule has 2 heterocycles. The quantitative estimate of drug-likeness (QED) is 0.0687. The number of rotatable bonds is 9. The standard InChI is InChI=1S/C30H26BN2.C13H24O2.Ir/c1-18-13-19(2)17-23(16-18)30-32-26-11-8-10-25-29(26)33(30)27-12-7-6-9-24(27)31(25)28-21(4)14-20(3)15-22(28)5;1-5-10(6-2)12(14)9-13(15)11(7-3)8-4;/h6-16H,1-5H3;9-11,14H,5-8H2,1-4H3;/q-1;;/b;12-9-;. The number of hydrogen-bond acceptors (Lipinski definition) is 3. The molecular weight excluding hydrogens is 780 g/mol. The van der Waals surface area contributed by atoms with Gasteiger partial charge in [0.2, 0.25) is 6.71 Å². The van der Waals surface area contributed by atoms with Gasteiger partial charge < -0.3 is 9.67 Å². The Labute approximate surface area is 307 Å². The number of para-hydroxylation sites is 2. The van der Waals surface area contributed by atoms with Crippen LogP contribution in [0.1, 0.15) is 81.2 Å². The molecule has 0 bridgehead atoms. The number of aliphatic hydroxyl groups excluding tert-OH is 1. The van der Waals surface area contributed by atoms with Gasteiger partial charge in [0, 0.05) is 43.7 Å². The maximum absolute atomic E-state index is 11.7. The average Bonchev–Trinajstić information content (AvgIpc) is 3.44. The summed E-state index contributed by atoms with van der Waals surface area (Å²) in [5, 5.41) is 9.76. The Morgan fingerprint density at radius 1 is 0.816 bits per heavy atom. The van der Waals surface area contributed by atoms with Crippen molar-refractivity contribution in [3.8, 4) is 17.1 Å². The first kappa shape index (κ1) is 38.1. The van der Waals surface area contributed by atoms with Crippen LogP contribution in [0.15, 0.2) is 78.6 Å². The molecule has 49 heavy (non-hydrogen) atoms. The van der Waals surface area contributed by atoms with E-state index in [4.69, 9.17) is 4.98 Å². The number of nitrogens with zero attached hydrogens (tertiary/aromatic N) is 2. The average molecular weight is 830 g/mol. The number of allylic oxidation sites excluding steroid dienone is 2. The van der Waals surface area contributed by atoms with Gasteiger partial charge in [-0.15, -0.1) is 34.9 Å². The van der Waals surface area contributed by atoms with Crippen molar-refractivity contribution in [3.05, 3.63) is 112 Å². The first-order valence-electron chi connectivity index (χ1n) is 17.7. The second kappa shape index (κ2) is 16.3. The number of hydrogen-bond donors (Lipinski definition) is 1. The number of fused-ring (bicyclic) bond motifs is 2. The van der Waals surface area contributed by atoms with Gasteiger partial charge in [0.1, 0.15) is 0 Å². The first-order valence-corrected chi connectivity index (χ1v) is 17.7. The van der Waals surface area contributed by atoms with E-state index >= 15 is 0 Å². The number of ketones is 1. The SMILES string of the molecule is CCC(CC)C(=O)/C=C(\O)C(CC)CC.Cc1[c-]c(-c2nc3cccc4c3n2-c2ccccc2B4c2c(C)cc(C)cc2C)cc(C)c1.[Ir]. The van der Waals surface area contributed by atoms with Crippen molar-refractivity contribution >= 4 is 39.9 Å². The smallest absolute Gasteiger partial charge is 0.247 e.